The van der Waals surface area contributed by atoms with Gasteiger partial charge in [-0.25, -0.2) is 4.39 Å². The van der Waals surface area contributed by atoms with Gasteiger partial charge in [0, 0.05) is 22.2 Å². The average Bonchev–Trinajstić information content (AvgIpc) is 3.59. The van der Waals surface area contributed by atoms with Crippen molar-refractivity contribution in [2.75, 3.05) is 4.90 Å². The summed E-state index contributed by atoms with van der Waals surface area (Å²) in [4.78, 5) is 2.25. The first-order valence-corrected chi connectivity index (χ1v) is 21.9. The van der Waals surface area contributed by atoms with Crippen LogP contribution in [0.5, 0.6) is 0 Å². The summed E-state index contributed by atoms with van der Waals surface area (Å²) < 4.78 is 17.9. The Hall–Kier alpha value is -6.51. The Bertz CT molecular complexity index is 2840. The lowest BCUT2D eigenvalue weighted by Gasteiger charge is -2.61. The van der Waals surface area contributed by atoms with Gasteiger partial charge in [-0.2, -0.15) is 0 Å². The fourth-order valence-electron chi connectivity index (χ4n) is 12.5. The highest BCUT2D eigenvalue weighted by molar-refractivity contribution is 5.99. The second kappa shape index (κ2) is 14.1. The molecule has 1 nitrogen and oxygen atoms in total. The number of fused-ring (bicyclic) bond motifs is 3. The van der Waals surface area contributed by atoms with E-state index in [1.807, 2.05) is 24.3 Å². The zero-order chi connectivity index (χ0) is 39.8. The molecule has 290 valence electrons. The molecule has 4 bridgehead atoms. The maximum Gasteiger partial charge on any atom is 0.148 e. The smallest absolute Gasteiger partial charge is 0.148 e. The van der Waals surface area contributed by atoms with E-state index < -0.39 is 0 Å². The predicted molar refractivity (Wildman–Crippen MR) is 246 cm³/mol. The summed E-state index contributed by atoms with van der Waals surface area (Å²) >= 11 is 0. The summed E-state index contributed by atoms with van der Waals surface area (Å²) in [5, 5.41) is 0. The summed E-state index contributed by atoms with van der Waals surface area (Å²) in [5.41, 5.74) is 16.4. The summed E-state index contributed by atoms with van der Waals surface area (Å²) in [6.07, 6.45) is 6.61. The summed E-state index contributed by atoms with van der Waals surface area (Å²) in [7, 11) is 0. The molecular formula is C58H46FN. The Morgan fingerprint density at radius 3 is 1.52 bits per heavy atom. The molecule has 0 amide bonds. The van der Waals surface area contributed by atoms with Crippen LogP contribution in [0.3, 0.4) is 0 Å². The molecule has 13 rings (SSSR count). The molecule has 0 radical (unpaired) electrons. The second-order valence-corrected chi connectivity index (χ2v) is 17.8. The quantitative estimate of drug-likeness (QED) is 0.156. The predicted octanol–water partition coefficient (Wildman–Crippen LogP) is 15.7. The van der Waals surface area contributed by atoms with Gasteiger partial charge in [0.05, 0.1) is 11.4 Å². The van der Waals surface area contributed by atoms with Crippen LogP contribution < -0.4 is 4.90 Å². The van der Waals surface area contributed by atoms with E-state index in [0.29, 0.717) is 17.5 Å². The van der Waals surface area contributed by atoms with Crippen molar-refractivity contribution in [3.8, 4) is 55.6 Å². The van der Waals surface area contributed by atoms with Gasteiger partial charge in [0.15, 0.2) is 0 Å². The van der Waals surface area contributed by atoms with Gasteiger partial charge in [-0.05, 0) is 148 Å². The molecule has 8 aromatic carbocycles. The largest absolute Gasteiger partial charge is 0.307 e. The van der Waals surface area contributed by atoms with Crippen molar-refractivity contribution < 1.29 is 4.39 Å². The van der Waals surface area contributed by atoms with E-state index in [0.717, 1.165) is 56.6 Å². The van der Waals surface area contributed by atoms with Crippen molar-refractivity contribution >= 4 is 17.1 Å². The second-order valence-electron chi connectivity index (χ2n) is 17.8. The van der Waals surface area contributed by atoms with Gasteiger partial charge in [0.25, 0.3) is 0 Å². The van der Waals surface area contributed by atoms with Crippen molar-refractivity contribution in [2.45, 2.75) is 37.5 Å². The van der Waals surface area contributed by atoms with E-state index in [1.54, 1.807) is 6.07 Å². The van der Waals surface area contributed by atoms with Crippen LogP contribution in [0.4, 0.5) is 21.5 Å². The third kappa shape index (κ3) is 5.50. The van der Waals surface area contributed by atoms with Gasteiger partial charge in [0.1, 0.15) is 5.82 Å². The molecule has 4 saturated carbocycles. The average molecular weight is 776 g/mol. The minimum atomic E-state index is -0.252. The maximum absolute atomic E-state index is 17.9. The number of anilines is 3. The first-order chi connectivity index (χ1) is 29.6. The fraction of sp³-hybridized carbons (Fsp3) is 0.172. The van der Waals surface area contributed by atoms with E-state index in [-0.39, 0.29) is 11.2 Å². The van der Waals surface area contributed by atoms with Crippen molar-refractivity contribution in [2.24, 2.45) is 23.7 Å². The fourth-order valence-corrected chi connectivity index (χ4v) is 12.5. The van der Waals surface area contributed by atoms with Crippen LogP contribution in [0.1, 0.15) is 43.2 Å². The van der Waals surface area contributed by atoms with Gasteiger partial charge < -0.3 is 4.90 Å². The molecular weight excluding hydrogens is 730 g/mol. The number of hydrogen-bond acceptors (Lipinski definition) is 1. The summed E-state index contributed by atoms with van der Waals surface area (Å²) in [6, 6.07) is 69.0. The van der Waals surface area contributed by atoms with Gasteiger partial charge in [0.2, 0.25) is 0 Å². The monoisotopic (exact) mass is 775 g/mol. The van der Waals surface area contributed by atoms with E-state index in [1.165, 1.54) is 65.5 Å². The zero-order valence-corrected chi connectivity index (χ0v) is 33.6. The van der Waals surface area contributed by atoms with Crippen LogP contribution in [-0.2, 0) is 5.41 Å². The van der Waals surface area contributed by atoms with Crippen LogP contribution in [-0.4, -0.2) is 0 Å². The van der Waals surface area contributed by atoms with E-state index in [4.69, 9.17) is 0 Å². The lowest BCUT2D eigenvalue weighted by molar-refractivity contribution is -0.0399. The topological polar surface area (TPSA) is 3.24 Å². The van der Waals surface area contributed by atoms with Crippen LogP contribution in [0, 0.1) is 29.5 Å². The van der Waals surface area contributed by atoms with Crippen molar-refractivity contribution in [1.82, 2.24) is 0 Å². The number of hydrogen-bond donors (Lipinski definition) is 0. The Balaban J connectivity index is 1.16. The molecule has 0 heterocycles. The van der Waals surface area contributed by atoms with Gasteiger partial charge in [-0.15, -0.1) is 0 Å². The van der Waals surface area contributed by atoms with Crippen LogP contribution in [0.2, 0.25) is 0 Å². The molecule has 1 spiro atoms. The molecule has 5 aliphatic rings. The standard InChI is InChI=1S/C58H46FN/c59-55-35-45(41-17-7-2-8-18-41)34-51(43-19-9-3-10-20-43)57(55)60(48-21-11-4-12-22-48)56-37-54-52(36-50(56)44-27-25-42(26-28-44)40-15-5-1-6-16-40)49-23-13-14-24-53(49)58(54)46-30-38-29-39(32-46)33-47(58)31-38/h1-28,34-39,46-47H,29-33H2. The Labute approximate surface area is 352 Å². The number of halogens is 1. The molecule has 0 N–H and O–H groups in total. The SMILES string of the molecule is Fc1cc(-c2ccccc2)cc(-c2ccccc2)c1N(c1ccccc1)c1cc2c(cc1-c1ccc(-c3ccccc3)cc1)-c1ccccc1C21C2CC3CC(C2)CC1C3. The molecule has 0 unspecified atom stereocenters. The third-order valence-corrected chi connectivity index (χ3v) is 14.7. The third-order valence-electron chi connectivity index (χ3n) is 14.7. The molecule has 0 aliphatic heterocycles. The molecule has 8 aromatic rings. The molecule has 0 atom stereocenters. The molecule has 5 aliphatic carbocycles. The first-order valence-electron chi connectivity index (χ1n) is 21.9. The van der Waals surface area contributed by atoms with Gasteiger partial charge in [-0.3, -0.25) is 0 Å². The molecule has 0 saturated heterocycles. The summed E-state index contributed by atoms with van der Waals surface area (Å²) in [5.74, 6) is 2.63. The summed E-state index contributed by atoms with van der Waals surface area (Å²) in [6.45, 7) is 0. The van der Waals surface area contributed by atoms with E-state index in [9.17, 15) is 0 Å². The zero-order valence-electron chi connectivity index (χ0n) is 33.6. The number of para-hydroxylation sites is 1. The molecule has 0 aromatic heterocycles. The van der Waals surface area contributed by atoms with Crippen molar-refractivity contribution in [3.63, 3.8) is 0 Å². The van der Waals surface area contributed by atoms with Crippen LogP contribution in [0.15, 0.2) is 194 Å². The van der Waals surface area contributed by atoms with E-state index in [2.05, 4.69) is 169 Å². The lowest BCUT2D eigenvalue weighted by atomic mass is 9.43. The highest BCUT2D eigenvalue weighted by Gasteiger charge is 2.61. The minimum absolute atomic E-state index is 0.0515. The first kappa shape index (κ1) is 35.4. The van der Waals surface area contributed by atoms with Crippen molar-refractivity contribution in [3.05, 3.63) is 211 Å². The molecule has 4 fully saturated rings. The van der Waals surface area contributed by atoms with Gasteiger partial charge >= 0.3 is 0 Å². The number of benzene rings is 8. The van der Waals surface area contributed by atoms with E-state index >= 15 is 4.39 Å². The maximum atomic E-state index is 17.9. The van der Waals surface area contributed by atoms with Crippen LogP contribution in [0.25, 0.3) is 55.6 Å². The normalized spacial score (nSPS) is 21.8. The molecule has 2 heteroatoms. The van der Waals surface area contributed by atoms with Crippen LogP contribution >= 0.6 is 0 Å². The van der Waals surface area contributed by atoms with Crippen molar-refractivity contribution in [1.29, 1.82) is 0 Å². The van der Waals surface area contributed by atoms with Gasteiger partial charge in [-0.1, -0.05) is 158 Å². The number of nitrogens with zero attached hydrogens (tertiary/aromatic N) is 1. The Kier molecular flexibility index (Phi) is 8.30. The molecule has 60 heavy (non-hydrogen) atoms. The minimum Gasteiger partial charge on any atom is -0.307 e. The number of rotatable bonds is 7. The highest BCUT2D eigenvalue weighted by Crippen LogP contribution is 2.70. The highest BCUT2D eigenvalue weighted by atomic mass is 19.1. The Morgan fingerprint density at radius 1 is 0.383 bits per heavy atom. The lowest BCUT2D eigenvalue weighted by Crippen LogP contribution is -2.55. The Morgan fingerprint density at radius 2 is 0.883 bits per heavy atom.